The molecule has 0 bridgehead atoms. The third-order valence-corrected chi connectivity index (χ3v) is 3.15. The predicted molar refractivity (Wildman–Crippen MR) is 59.4 cm³/mol. The summed E-state index contributed by atoms with van der Waals surface area (Å²) in [5, 5.41) is 30.5. The minimum atomic E-state index is -1.01. The first-order chi connectivity index (χ1) is 7.56. The van der Waals surface area contributed by atoms with Gasteiger partial charge in [0.05, 0.1) is 24.6 Å². The van der Waals surface area contributed by atoms with Crippen molar-refractivity contribution >= 4 is 17.7 Å². The van der Waals surface area contributed by atoms with Crippen LogP contribution >= 0.6 is 11.8 Å². The summed E-state index contributed by atoms with van der Waals surface area (Å²) in [7, 11) is 1.67. The quantitative estimate of drug-likeness (QED) is 0.638. The lowest BCUT2D eigenvalue weighted by molar-refractivity contribution is 0.0696. The molecule has 3 N–H and O–H groups in total. The predicted octanol–water partition coefficient (Wildman–Crippen LogP) is -0.295. The first kappa shape index (κ1) is 13.0. The maximum absolute atomic E-state index is 10.8. The van der Waals surface area contributed by atoms with Gasteiger partial charge in [0.2, 0.25) is 0 Å². The fraction of sp³-hybridized carbons (Fsp3) is 0.556. The average Bonchev–Trinajstić information content (AvgIpc) is 2.60. The average molecular weight is 246 g/mol. The third-order valence-electron chi connectivity index (χ3n) is 2.05. The second-order valence-electron chi connectivity index (χ2n) is 3.29. The molecule has 6 nitrogen and oxygen atoms in total. The molecule has 0 fully saturated rings. The molecule has 1 atom stereocenters. The lowest BCUT2D eigenvalue weighted by Crippen LogP contribution is -2.15. The van der Waals surface area contributed by atoms with Crippen LogP contribution in [0.3, 0.4) is 0 Å². The lowest BCUT2D eigenvalue weighted by Gasteiger charge is -2.07. The molecule has 0 saturated heterocycles. The minimum Gasteiger partial charge on any atom is -0.478 e. The summed E-state index contributed by atoms with van der Waals surface area (Å²) < 4.78 is 1.50. The number of aliphatic hydroxyl groups excluding tert-OH is 2. The first-order valence-electron chi connectivity index (χ1n) is 4.67. The van der Waals surface area contributed by atoms with E-state index in [1.54, 1.807) is 7.05 Å². The van der Waals surface area contributed by atoms with Gasteiger partial charge >= 0.3 is 5.97 Å². The van der Waals surface area contributed by atoms with Crippen LogP contribution in [-0.4, -0.2) is 49.5 Å². The standard InChI is InChI=1S/C9H14N2O4S/c1-11-8(5-16-4-6(13)3-12)7(2-10-11)9(14)15/h2,6,12-13H,3-5H2,1H3,(H,14,15). The smallest absolute Gasteiger partial charge is 0.339 e. The van der Waals surface area contributed by atoms with E-state index in [0.29, 0.717) is 17.2 Å². The van der Waals surface area contributed by atoms with Crippen LogP contribution in [-0.2, 0) is 12.8 Å². The van der Waals surface area contributed by atoms with E-state index in [0.717, 1.165) is 0 Å². The topological polar surface area (TPSA) is 95.6 Å². The van der Waals surface area contributed by atoms with Crippen molar-refractivity contribution in [2.24, 2.45) is 7.05 Å². The van der Waals surface area contributed by atoms with E-state index in [2.05, 4.69) is 5.10 Å². The lowest BCUT2D eigenvalue weighted by atomic mass is 10.3. The molecule has 1 unspecified atom stereocenters. The van der Waals surface area contributed by atoms with E-state index in [9.17, 15) is 4.79 Å². The van der Waals surface area contributed by atoms with Gasteiger partial charge in [-0.15, -0.1) is 0 Å². The van der Waals surface area contributed by atoms with Crippen LogP contribution in [0.5, 0.6) is 0 Å². The maximum Gasteiger partial charge on any atom is 0.339 e. The molecule has 0 spiro atoms. The first-order valence-corrected chi connectivity index (χ1v) is 5.82. The zero-order valence-corrected chi connectivity index (χ0v) is 9.65. The number of nitrogens with zero attached hydrogens (tertiary/aromatic N) is 2. The highest BCUT2D eigenvalue weighted by atomic mass is 32.2. The zero-order valence-electron chi connectivity index (χ0n) is 8.83. The number of aromatic nitrogens is 2. The van der Waals surface area contributed by atoms with E-state index < -0.39 is 12.1 Å². The van der Waals surface area contributed by atoms with Crippen LogP contribution < -0.4 is 0 Å². The van der Waals surface area contributed by atoms with Gasteiger partial charge in [0, 0.05) is 18.6 Å². The minimum absolute atomic E-state index is 0.175. The number of aliphatic hydroxyl groups is 2. The number of aryl methyl sites for hydroxylation is 1. The fourth-order valence-electron chi connectivity index (χ4n) is 1.16. The molecule has 1 rings (SSSR count). The Labute approximate surface area is 96.9 Å². The van der Waals surface area contributed by atoms with Gasteiger partial charge < -0.3 is 15.3 Å². The molecule has 0 aliphatic rings. The van der Waals surface area contributed by atoms with Crippen LogP contribution in [0.25, 0.3) is 0 Å². The Bertz CT molecular complexity index is 366. The third kappa shape index (κ3) is 3.22. The molecule has 0 aliphatic carbocycles. The molecule has 16 heavy (non-hydrogen) atoms. The van der Waals surface area contributed by atoms with Crippen molar-refractivity contribution in [1.29, 1.82) is 0 Å². The highest BCUT2D eigenvalue weighted by molar-refractivity contribution is 7.98. The zero-order chi connectivity index (χ0) is 12.1. The van der Waals surface area contributed by atoms with E-state index >= 15 is 0 Å². The number of hydrogen-bond donors (Lipinski definition) is 3. The SMILES string of the molecule is Cn1ncc(C(=O)O)c1CSCC(O)CO. The summed E-state index contributed by atoms with van der Waals surface area (Å²) in [6.07, 6.45) is 0.534. The van der Waals surface area contributed by atoms with Crippen molar-refractivity contribution in [2.45, 2.75) is 11.9 Å². The molecule has 0 aromatic carbocycles. The van der Waals surface area contributed by atoms with Crippen LogP contribution in [0, 0.1) is 0 Å². The van der Waals surface area contributed by atoms with Gasteiger partial charge in [0.25, 0.3) is 0 Å². The Kier molecular flexibility index (Phi) is 4.78. The summed E-state index contributed by atoms with van der Waals surface area (Å²) in [6.45, 7) is -0.288. The molecule has 90 valence electrons. The Hall–Kier alpha value is -1.05. The summed E-state index contributed by atoms with van der Waals surface area (Å²) in [6, 6.07) is 0. The van der Waals surface area contributed by atoms with Gasteiger partial charge in [-0.25, -0.2) is 4.79 Å². The molecule has 1 aromatic rings. The number of hydrogen-bond acceptors (Lipinski definition) is 5. The molecule has 0 saturated carbocycles. The van der Waals surface area contributed by atoms with Crippen LogP contribution in [0.2, 0.25) is 0 Å². The van der Waals surface area contributed by atoms with Gasteiger partial charge in [-0.05, 0) is 0 Å². The van der Waals surface area contributed by atoms with Gasteiger partial charge in [-0.2, -0.15) is 16.9 Å². The highest BCUT2D eigenvalue weighted by Gasteiger charge is 2.15. The Balaban J connectivity index is 2.59. The number of rotatable bonds is 6. The molecule has 0 amide bonds. The van der Waals surface area contributed by atoms with E-state index in [4.69, 9.17) is 15.3 Å². The van der Waals surface area contributed by atoms with Gasteiger partial charge in [-0.3, -0.25) is 4.68 Å². The second kappa shape index (κ2) is 5.88. The summed E-state index contributed by atoms with van der Waals surface area (Å²) in [5.74, 6) is -0.206. The fourth-order valence-corrected chi connectivity index (χ4v) is 2.19. The van der Waals surface area contributed by atoms with Crippen LogP contribution in [0.4, 0.5) is 0 Å². The molecular weight excluding hydrogens is 232 g/mol. The molecule has 7 heteroatoms. The van der Waals surface area contributed by atoms with Gasteiger partial charge in [0.1, 0.15) is 5.56 Å². The van der Waals surface area contributed by atoms with Crippen molar-refractivity contribution in [3.8, 4) is 0 Å². The largest absolute Gasteiger partial charge is 0.478 e. The number of carbonyl (C=O) groups is 1. The van der Waals surface area contributed by atoms with Gasteiger partial charge in [0.15, 0.2) is 0 Å². The summed E-state index contributed by atoms with van der Waals surface area (Å²) >= 11 is 1.36. The molecule has 1 aromatic heterocycles. The summed E-state index contributed by atoms with van der Waals surface area (Å²) in [5.41, 5.74) is 0.774. The normalized spacial score (nSPS) is 12.7. The van der Waals surface area contributed by atoms with E-state index in [1.165, 1.54) is 22.6 Å². The molecule has 1 heterocycles. The Morgan fingerprint density at radius 2 is 2.38 bits per heavy atom. The van der Waals surface area contributed by atoms with E-state index in [-0.39, 0.29) is 12.2 Å². The van der Waals surface area contributed by atoms with Crippen LogP contribution in [0.1, 0.15) is 16.1 Å². The Morgan fingerprint density at radius 1 is 1.69 bits per heavy atom. The highest BCUT2D eigenvalue weighted by Crippen LogP contribution is 2.16. The van der Waals surface area contributed by atoms with Gasteiger partial charge in [-0.1, -0.05) is 0 Å². The number of carboxylic acids is 1. The second-order valence-corrected chi connectivity index (χ2v) is 4.32. The van der Waals surface area contributed by atoms with E-state index in [1.807, 2.05) is 0 Å². The molecular formula is C9H14N2O4S. The molecule has 0 radical (unpaired) electrons. The van der Waals surface area contributed by atoms with Crippen LogP contribution in [0.15, 0.2) is 6.20 Å². The maximum atomic E-state index is 10.8. The Morgan fingerprint density at radius 3 is 2.94 bits per heavy atom. The van der Waals surface area contributed by atoms with Crippen molar-refractivity contribution < 1.29 is 20.1 Å². The van der Waals surface area contributed by atoms with Crippen molar-refractivity contribution in [2.75, 3.05) is 12.4 Å². The monoisotopic (exact) mass is 246 g/mol. The van der Waals surface area contributed by atoms with Crippen molar-refractivity contribution in [3.05, 3.63) is 17.5 Å². The summed E-state index contributed by atoms with van der Waals surface area (Å²) in [4.78, 5) is 10.8. The molecule has 0 aliphatic heterocycles. The number of carboxylic acid groups (broad SMARTS) is 1. The number of thioether (sulfide) groups is 1. The number of aromatic carboxylic acids is 1. The van der Waals surface area contributed by atoms with Crippen molar-refractivity contribution in [3.63, 3.8) is 0 Å². The van der Waals surface area contributed by atoms with Crippen molar-refractivity contribution in [1.82, 2.24) is 9.78 Å².